The maximum absolute atomic E-state index is 12.0. The molecule has 2 unspecified atom stereocenters. The second kappa shape index (κ2) is 7.84. The van der Waals surface area contributed by atoms with Crippen molar-refractivity contribution in [1.29, 1.82) is 0 Å². The summed E-state index contributed by atoms with van der Waals surface area (Å²) in [5.41, 5.74) is -0.439. The van der Waals surface area contributed by atoms with Crippen LogP contribution in [-0.4, -0.2) is 65.4 Å². The van der Waals surface area contributed by atoms with Gasteiger partial charge in [-0.15, -0.1) is 0 Å². The molecular formula is C18H34N2O3. The van der Waals surface area contributed by atoms with Crippen molar-refractivity contribution >= 4 is 6.09 Å². The summed E-state index contributed by atoms with van der Waals surface area (Å²) in [5.74, 6) is 0.532. The second-order valence-corrected chi connectivity index (χ2v) is 8.26. The molecule has 0 radical (unpaired) electrons. The van der Waals surface area contributed by atoms with Crippen LogP contribution in [0.15, 0.2) is 0 Å². The molecule has 0 aromatic rings. The van der Waals surface area contributed by atoms with E-state index in [0.717, 1.165) is 51.7 Å². The van der Waals surface area contributed by atoms with Gasteiger partial charge in [-0.1, -0.05) is 12.8 Å². The van der Waals surface area contributed by atoms with E-state index in [9.17, 15) is 9.90 Å². The lowest BCUT2D eigenvalue weighted by atomic mass is 9.88. The van der Waals surface area contributed by atoms with E-state index >= 15 is 0 Å². The highest BCUT2D eigenvalue weighted by atomic mass is 16.6. The van der Waals surface area contributed by atoms with Crippen molar-refractivity contribution in [1.82, 2.24) is 9.80 Å². The number of ether oxygens (including phenoxy) is 1. The molecule has 0 aromatic carbocycles. The Hall–Kier alpha value is -0.810. The smallest absolute Gasteiger partial charge is 0.410 e. The van der Waals surface area contributed by atoms with Crippen LogP contribution < -0.4 is 0 Å². The topological polar surface area (TPSA) is 53.0 Å². The van der Waals surface area contributed by atoms with Gasteiger partial charge >= 0.3 is 6.09 Å². The number of piperidine rings is 1. The number of nitrogens with zero attached hydrogens (tertiary/aromatic N) is 2. The van der Waals surface area contributed by atoms with Crippen LogP contribution in [0.5, 0.6) is 0 Å². The molecular weight excluding hydrogens is 292 g/mol. The quantitative estimate of drug-likeness (QED) is 0.866. The minimum Gasteiger partial charge on any atom is -0.444 e. The van der Waals surface area contributed by atoms with Gasteiger partial charge in [-0.25, -0.2) is 4.79 Å². The van der Waals surface area contributed by atoms with E-state index in [-0.39, 0.29) is 12.2 Å². The number of aliphatic hydroxyl groups excluding tert-OH is 1. The number of hydrogen-bond acceptors (Lipinski definition) is 4. The lowest BCUT2D eigenvalue weighted by Crippen LogP contribution is -2.50. The fraction of sp³-hybridized carbons (Fsp3) is 0.944. The molecule has 1 heterocycles. The van der Waals surface area contributed by atoms with E-state index in [1.807, 2.05) is 27.8 Å². The summed E-state index contributed by atoms with van der Waals surface area (Å²) in [7, 11) is 1.82. The van der Waals surface area contributed by atoms with Gasteiger partial charge in [-0.05, 0) is 65.5 Å². The zero-order valence-corrected chi connectivity index (χ0v) is 15.3. The van der Waals surface area contributed by atoms with Gasteiger partial charge in [0.1, 0.15) is 5.60 Å². The zero-order chi connectivity index (χ0) is 17.0. The first-order chi connectivity index (χ1) is 10.8. The first-order valence-electron chi connectivity index (χ1n) is 9.12. The second-order valence-electron chi connectivity index (χ2n) is 8.26. The molecule has 2 aliphatic rings. The Morgan fingerprint density at radius 1 is 1.17 bits per heavy atom. The molecule has 23 heavy (non-hydrogen) atoms. The Morgan fingerprint density at radius 2 is 1.78 bits per heavy atom. The number of carbonyl (C=O) groups excluding carboxylic acids is 1. The normalized spacial score (nSPS) is 27.7. The first-order valence-corrected chi connectivity index (χ1v) is 9.12. The van der Waals surface area contributed by atoms with Crippen molar-refractivity contribution in [3.63, 3.8) is 0 Å². The summed E-state index contributed by atoms with van der Waals surface area (Å²) >= 11 is 0. The molecule has 1 N–H and O–H groups in total. The summed E-state index contributed by atoms with van der Waals surface area (Å²) in [6, 6.07) is 0.355. The zero-order valence-electron chi connectivity index (χ0n) is 15.3. The number of hydrogen-bond donors (Lipinski definition) is 1. The Balaban J connectivity index is 1.75. The fourth-order valence-corrected chi connectivity index (χ4v) is 3.79. The predicted octanol–water partition coefficient (Wildman–Crippen LogP) is 2.87. The molecule has 1 aliphatic carbocycles. The average molecular weight is 326 g/mol. The van der Waals surface area contributed by atoms with Crippen molar-refractivity contribution in [2.75, 3.05) is 26.7 Å². The van der Waals surface area contributed by atoms with Gasteiger partial charge in [0.2, 0.25) is 0 Å². The van der Waals surface area contributed by atoms with Crippen LogP contribution in [0.25, 0.3) is 0 Å². The van der Waals surface area contributed by atoms with Gasteiger partial charge in [0, 0.05) is 19.6 Å². The Labute approximate surface area is 141 Å². The molecule has 0 aromatic heterocycles. The minimum atomic E-state index is -0.439. The molecule has 2 rings (SSSR count). The van der Waals surface area contributed by atoms with Crippen LogP contribution >= 0.6 is 0 Å². The van der Waals surface area contributed by atoms with Gasteiger partial charge < -0.3 is 14.7 Å². The molecule has 1 amide bonds. The van der Waals surface area contributed by atoms with Crippen molar-refractivity contribution in [3.8, 4) is 0 Å². The van der Waals surface area contributed by atoms with Gasteiger partial charge in [0.25, 0.3) is 0 Å². The Morgan fingerprint density at radius 3 is 2.35 bits per heavy atom. The average Bonchev–Trinajstić information content (AvgIpc) is 2.47. The van der Waals surface area contributed by atoms with Gasteiger partial charge in [-0.3, -0.25) is 4.90 Å². The van der Waals surface area contributed by atoms with E-state index in [4.69, 9.17) is 4.74 Å². The number of aliphatic hydroxyl groups is 1. The molecule has 5 nitrogen and oxygen atoms in total. The number of rotatable bonds is 3. The van der Waals surface area contributed by atoms with Crippen molar-refractivity contribution in [2.45, 2.75) is 77.0 Å². The van der Waals surface area contributed by atoms with Crippen LogP contribution in [0.1, 0.15) is 59.3 Å². The molecule has 5 heteroatoms. The van der Waals surface area contributed by atoms with Gasteiger partial charge in [0.05, 0.1) is 6.10 Å². The Kier molecular flexibility index (Phi) is 6.32. The summed E-state index contributed by atoms with van der Waals surface area (Å²) in [5, 5.41) is 10.2. The highest BCUT2D eigenvalue weighted by Crippen LogP contribution is 2.28. The maximum atomic E-state index is 12.0. The standard InChI is InChI=1S/C18H34N2O3/c1-18(2,3)23-17(22)19(4)13-14-9-11-20(12-10-14)15-7-5-6-8-16(15)21/h14-16,21H,5-13H2,1-4H3. The molecule has 1 aliphatic heterocycles. The van der Waals surface area contributed by atoms with Crippen LogP contribution in [-0.2, 0) is 4.74 Å². The first kappa shape index (κ1) is 18.5. The summed E-state index contributed by atoms with van der Waals surface area (Å²) in [4.78, 5) is 16.2. The maximum Gasteiger partial charge on any atom is 0.410 e. The van der Waals surface area contributed by atoms with Crippen LogP contribution in [0.3, 0.4) is 0 Å². The molecule has 134 valence electrons. The van der Waals surface area contributed by atoms with Gasteiger partial charge in [0.15, 0.2) is 0 Å². The molecule has 1 saturated heterocycles. The fourth-order valence-electron chi connectivity index (χ4n) is 3.79. The molecule has 2 fully saturated rings. The van der Waals surface area contributed by atoms with E-state index < -0.39 is 5.60 Å². The lowest BCUT2D eigenvalue weighted by molar-refractivity contribution is -0.00118. The predicted molar refractivity (Wildman–Crippen MR) is 91.4 cm³/mol. The highest BCUT2D eigenvalue weighted by molar-refractivity contribution is 5.67. The third-order valence-electron chi connectivity index (χ3n) is 5.05. The monoisotopic (exact) mass is 326 g/mol. The van der Waals surface area contributed by atoms with E-state index in [2.05, 4.69) is 4.90 Å². The summed E-state index contributed by atoms with van der Waals surface area (Å²) in [6.07, 6.45) is 6.28. The van der Waals surface area contributed by atoms with Gasteiger partial charge in [-0.2, -0.15) is 0 Å². The third-order valence-corrected chi connectivity index (χ3v) is 5.05. The van der Waals surface area contributed by atoms with Crippen molar-refractivity contribution in [3.05, 3.63) is 0 Å². The van der Waals surface area contributed by atoms with Crippen LogP contribution in [0.4, 0.5) is 4.79 Å². The van der Waals surface area contributed by atoms with Crippen LogP contribution in [0.2, 0.25) is 0 Å². The molecule has 2 atom stereocenters. The number of carbonyl (C=O) groups is 1. The van der Waals surface area contributed by atoms with E-state index in [1.54, 1.807) is 4.90 Å². The summed E-state index contributed by atoms with van der Waals surface area (Å²) in [6.45, 7) is 8.52. The number of likely N-dealkylation sites (tertiary alicyclic amines) is 1. The van der Waals surface area contributed by atoms with Crippen molar-refractivity contribution < 1.29 is 14.6 Å². The van der Waals surface area contributed by atoms with E-state index in [1.165, 1.54) is 6.42 Å². The Bertz CT molecular complexity index is 386. The molecule has 0 bridgehead atoms. The minimum absolute atomic E-state index is 0.148. The third kappa shape index (κ3) is 5.64. The van der Waals surface area contributed by atoms with Crippen molar-refractivity contribution in [2.24, 2.45) is 5.92 Å². The number of amides is 1. The molecule has 0 spiro atoms. The summed E-state index contributed by atoms with van der Waals surface area (Å²) < 4.78 is 5.41. The SMILES string of the molecule is CN(CC1CCN(C2CCCCC2O)CC1)C(=O)OC(C)(C)C. The molecule has 1 saturated carbocycles. The van der Waals surface area contributed by atoms with E-state index in [0.29, 0.717) is 12.0 Å². The highest BCUT2D eigenvalue weighted by Gasteiger charge is 2.32. The van der Waals surface area contributed by atoms with Crippen LogP contribution in [0, 0.1) is 5.92 Å². The largest absolute Gasteiger partial charge is 0.444 e. The lowest BCUT2D eigenvalue weighted by Gasteiger charge is -2.42.